The third kappa shape index (κ3) is 2.48. The smallest absolute Gasteiger partial charge is 0.268 e. The van der Waals surface area contributed by atoms with E-state index in [9.17, 15) is 9.59 Å². The van der Waals surface area contributed by atoms with Gasteiger partial charge in [-0.25, -0.2) is 4.98 Å². The van der Waals surface area contributed by atoms with Crippen molar-refractivity contribution in [1.29, 1.82) is 0 Å². The van der Waals surface area contributed by atoms with Gasteiger partial charge in [0, 0.05) is 6.54 Å². The minimum Gasteiger partial charge on any atom is -0.330 e. The van der Waals surface area contributed by atoms with Crippen LogP contribution in [0.2, 0.25) is 0 Å². The number of amides is 1. The summed E-state index contributed by atoms with van der Waals surface area (Å²) in [6.07, 6.45) is 2.04. The van der Waals surface area contributed by atoms with Crippen molar-refractivity contribution in [3.05, 3.63) is 63.5 Å². The van der Waals surface area contributed by atoms with Crippen LogP contribution < -0.4 is 5.56 Å². The lowest BCUT2D eigenvalue weighted by Gasteiger charge is -2.24. The van der Waals surface area contributed by atoms with Crippen molar-refractivity contribution in [3.8, 4) is 0 Å². The Kier molecular flexibility index (Phi) is 3.12. The first-order chi connectivity index (χ1) is 12.2. The molecule has 0 unspecified atom stereocenters. The fourth-order valence-electron chi connectivity index (χ4n) is 3.55. The number of aromatic nitrogens is 2. The summed E-state index contributed by atoms with van der Waals surface area (Å²) < 4.78 is 0.632. The first kappa shape index (κ1) is 14.8. The molecule has 5 rings (SSSR count). The van der Waals surface area contributed by atoms with Gasteiger partial charge in [-0.15, -0.1) is 11.3 Å². The number of thiophene rings is 1. The minimum absolute atomic E-state index is 0.0957. The summed E-state index contributed by atoms with van der Waals surface area (Å²) in [4.78, 5) is 34.4. The zero-order chi connectivity index (χ0) is 17.0. The number of hydrogen-bond acceptors (Lipinski definition) is 4. The zero-order valence-corrected chi connectivity index (χ0v) is 14.4. The maximum Gasteiger partial charge on any atom is 0.268 e. The molecule has 5 nitrogen and oxygen atoms in total. The van der Waals surface area contributed by atoms with E-state index < -0.39 is 0 Å². The number of hydrogen-bond donors (Lipinski definition) is 1. The van der Waals surface area contributed by atoms with E-state index in [2.05, 4.69) is 9.97 Å². The summed E-state index contributed by atoms with van der Waals surface area (Å²) in [5, 5.41) is 1.86. The van der Waals surface area contributed by atoms with Crippen LogP contribution >= 0.6 is 11.3 Å². The van der Waals surface area contributed by atoms with Crippen molar-refractivity contribution in [2.24, 2.45) is 11.3 Å². The van der Waals surface area contributed by atoms with E-state index in [0.717, 1.165) is 18.4 Å². The first-order valence-corrected chi connectivity index (χ1v) is 9.33. The average Bonchev–Trinajstić information content (AvgIpc) is 3.42. The van der Waals surface area contributed by atoms with E-state index in [0.29, 0.717) is 35.0 Å². The van der Waals surface area contributed by atoms with Gasteiger partial charge in [-0.05, 0) is 35.8 Å². The summed E-state index contributed by atoms with van der Waals surface area (Å²) in [6.45, 7) is 0.878. The van der Waals surface area contributed by atoms with Gasteiger partial charge >= 0.3 is 0 Å². The molecule has 2 heterocycles. The second kappa shape index (κ2) is 5.26. The molecule has 6 heteroatoms. The Labute approximate surface area is 148 Å². The molecule has 1 N–H and O–H groups in total. The number of carbonyl (C=O) groups is 1. The highest BCUT2D eigenvalue weighted by Crippen LogP contribution is 2.76. The Morgan fingerprint density at radius 3 is 2.72 bits per heavy atom. The average molecular weight is 351 g/mol. The van der Waals surface area contributed by atoms with Crippen molar-refractivity contribution in [2.75, 3.05) is 0 Å². The van der Waals surface area contributed by atoms with E-state index in [1.807, 2.05) is 46.7 Å². The van der Waals surface area contributed by atoms with Crippen LogP contribution in [0.25, 0.3) is 10.2 Å². The number of H-pyrrole nitrogens is 1. The molecule has 2 aliphatic rings. The Balaban J connectivity index is 1.46. The van der Waals surface area contributed by atoms with Gasteiger partial charge in [0.05, 0.1) is 17.5 Å². The second-order valence-corrected chi connectivity index (χ2v) is 7.97. The second-order valence-electron chi connectivity index (χ2n) is 7.06. The van der Waals surface area contributed by atoms with Gasteiger partial charge < -0.3 is 9.88 Å². The molecule has 0 atom stereocenters. The molecule has 2 aromatic heterocycles. The zero-order valence-electron chi connectivity index (χ0n) is 13.6. The quantitative estimate of drug-likeness (QED) is 0.769. The Morgan fingerprint density at radius 1 is 1.24 bits per heavy atom. The molecular weight excluding hydrogens is 334 g/mol. The maximum absolute atomic E-state index is 13.0. The topological polar surface area (TPSA) is 66.1 Å². The molecule has 25 heavy (non-hydrogen) atoms. The highest BCUT2D eigenvalue weighted by atomic mass is 32.1. The number of nitrogens with one attached hydrogen (secondary N) is 1. The fourth-order valence-corrected chi connectivity index (χ4v) is 4.27. The van der Waals surface area contributed by atoms with Gasteiger partial charge in [0.2, 0.25) is 5.91 Å². The molecule has 0 radical (unpaired) electrons. The van der Waals surface area contributed by atoms with E-state index in [-0.39, 0.29) is 16.9 Å². The van der Waals surface area contributed by atoms with Crippen LogP contribution in [0.1, 0.15) is 24.2 Å². The number of carbonyl (C=O) groups excluding carboxylic acids is 1. The molecule has 3 aromatic rings. The summed E-state index contributed by atoms with van der Waals surface area (Å²) >= 11 is 1.38. The molecule has 0 aliphatic heterocycles. The Morgan fingerprint density at radius 2 is 2.00 bits per heavy atom. The van der Waals surface area contributed by atoms with E-state index in [1.54, 1.807) is 0 Å². The lowest BCUT2D eigenvalue weighted by atomic mass is 10.1. The van der Waals surface area contributed by atoms with E-state index in [1.165, 1.54) is 11.3 Å². The lowest BCUT2D eigenvalue weighted by Crippen LogP contribution is -2.34. The molecule has 1 aromatic carbocycles. The van der Waals surface area contributed by atoms with Crippen LogP contribution in [0.3, 0.4) is 0 Å². The normalized spacial score (nSPS) is 23.3. The fraction of sp³-hybridized carbons (Fsp3) is 0.316. The third-order valence-corrected chi connectivity index (χ3v) is 6.22. The van der Waals surface area contributed by atoms with Crippen molar-refractivity contribution < 1.29 is 4.79 Å². The minimum atomic E-state index is -0.129. The van der Waals surface area contributed by atoms with Crippen molar-refractivity contribution in [2.45, 2.75) is 25.9 Å². The predicted molar refractivity (Wildman–Crippen MR) is 96.1 cm³/mol. The van der Waals surface area contributed by atoms with Crippen LogP contribution in [-0.2, 0) is 17.9 Å². The molecule has 2 saturated carbocycles. The van der Waals surface area contributed by atoms with Crippen molar-refractivity contribution in [1.82, 2.24) is 14.9 Å². The highest BCUT2D eigenvalue weighted by molar-refractivity contribution is 7.17. The summed E-state index contributed by atoms with van der Waals surface area (Å²) in [5.41, 5.74) is 1.56. The molecule has 0 spiro atoms. The largest absolute Gasteiger partial charge is 0.330 e. The van der Waals surface area contributed by atoms with Gasteiger partial charge in [0.15, 0.2) is 0 Å². The third-order valence-electron chi connectivity index (χ3n) is 5.32. The molecule has 1 amide bonds. The number of rotatable bonds is 5. The van der Waals surface area contributed by atoms with Crippen molar-refractivity contribution >= 4 is 27.5 Å². The molecule has 0 saturated heterocycles. The van der Waals surface area contributed by atoms with Gasteiger partial charge in [-0.3, -0.25) is 9.59 Å². The van der Waals surface area contributed by atoms with Crippen LogP contribution in [-0.4, -0.2) is 20.8 Å². The summed E-state index contributed by atoms with van der Waals surface area (Å²) in [7, 11) is 0. The van der Waals surface area contributed by atoms with Crippen molar-refractivity contribution in [3.63, 3.8) is 0 Å². The van der Waals surface area contributed by atoms with E-state index in [4.69, 9.17) is 0 Å². The summed E-state index contributed by atoms with van der Waals surface area (Å²) in [6, 6.07) is 11.8. The molecule has 2 fully saturated rings. The number of fused-ring (bicyclic) bond motifs is 2. The summed E-state index contributed by atoms with van der Waals surface area (Å²) in [5.74, 6) is 1.34. The maximum atomic E-state index is 13.0. The van der Waals surface area contributed by atoms with Gasteiger partial charge in [-0.1, -0.05) is 30.3 Å². The molecule has 126 valence electrons. The van der Waals surface area contributed by atoms with E-state index >= 15 is 0 Å². The van der Waals surface area contributed by atoms with Crippen LogP contribution in [0.4, 0.5) is 0 Å². The molecule has 0 bridgehead atoms. The Bertz CT molecular complexity index is 1020. The molecule has 2 aliphatic carbocycles. The van der Waals surface area contributed by atoms with Crippen LogP contribution in [0.15, 0.2) is 46.6 Å². The standard InChI is InChI=1S/C19H17N3O2S/c23-17-16-14(6-7-25-16)20-15(21-17)11-22(10-12-4-2-1-3-5-12)18(24)19-8-13(19)9-19/h1-7,13H,8-11H2,(H,20,21,23). The lowest BCUT2D eigenvalue weighted by molar-refractivity contribution is -0.136. The SMILES string of the molecule is O=C(N(Cc1ccccc1)Cc1nc2ccsc2c(=O)[nH]1)C12CC1C2. The van der Waals surface area contributed by atoms with Gasteiger partial charge in [-0.2, -0.15) is 0 Å². The van der Waals surface area contributed by atoms with Crippen LogP contribution in [0.5, 0.6) is 0 Å². The monoisotopic (exact) mass is 351 g/mol. The number of aromatic amines is 1. The number of benzene rings is 1. The predicted octanol–water partition coefficient (Wildman–Crippen LogP) is 2.92. The highest BCUT2D eigenvalue weighted by Gasteiger charge is 2.75. The molecular formula is C19H17N3O2S. The first-order valence-electron chi connectivity index (χ1n) is 8.45. The van der Waals surface area contributed by atoms with Gasteiger partial charge in [0.25, 0.3) is 5.56 Å². The van der Waals surface area contributed by atoms with Gasteiger partial charge in [0.1, 0.15) is 10.5 Å². The van der Waals surface area contributed by atoms with Crippen LogP contribution in [0, 0.1) is 11.3 Å². The Hall–Kier alpha value is -2.47. The number of nitrogens with zero attached hydrogens (tertiary/aromatic N) is 2.